The minimum Gasteiger partial charge on any atom is -0.342 e. The van der Waals surface area contributed by atoms with Crippen molar-refractivity contribution in [2.45, 2.75) is 50.9 Å². The number of nitrogens with zero attached hydrogens (tertiary/aromatic N) is 4. The summed E-state index contributed by atoms with van der Waals surface area (Å²) in [5.41, 5.74) is 3.05. The Balaban J connectivity index is 1.54. The molecule has 0 spiro atoms. The Morgan fingerprint density at radius 2 is 2.07 bits per heavy atom. The first-order valence-electron chi connectivity index (χ1n) is 10.2. The Morgan fingerprint density at radius 1 is 1.28 bits per heavy atom. The highest BCUT2D eigenvalue weighted by atomic mass is 32.2. The number of para-hydroxylation sites is 2. The lowest BCUT2D eigenvalue weighted by Gasteiger charge is -2.32. The molecule has 7 nitrogen and oxygen atoms in total. The van der Waals surface area contributed by atoms with Crippen molar-refractivity contribution in [2.75, 3.05) is 19.3 Å². The van der Waals surface area contributed by atoms with E-state index < -0.39 is 9.84 Å². The molecule has 1 aliphatic heterocycles. The van der Waals surface area contributed by atoms with Gasteiger partial charge in [0.25, 0.3) is 0 Å². The van der Waals surface area contributed by atoms with E-state index in [0.29, 0.717) is 24.9 Å². The van der Waals surface area contributed by atoms with Gasteiger partial charge in [-0.1, -0.05) is 26.0 Å². The molecule has 8 heteroatoms. The normalized spacial score (nSPS) is 18.7. The van der Waals surface area contributed by atoms with Crippen molar-refractivity contribution in [3.63, 3.8) is 0 Å². The van der Waals surface area contributed by atoms with E-state index >= 15 is 0 Å². The van der Waals surface area contributed by atoms with Gasteiger partial charge in [0.15, 0.2) is 0 Å². The molecule has 0 bridgehead atoms. The summed E-state index contributed by atoms with van der Waals surface area (Å²) in [6.45, 7) is 7.44. The third-order valence-corrected chi connectivity index (χ3v) is 6.46. The number of benzene rings is 1. The van der Waals surface area contributed by atoms with E-state index in [2.05, 4.69) is 34.8 Å². The van der Waals surface area contributed by atoms with Gasteiger partial charge in [-0.05, 0) is 37.4 Å². The van der Waals surface area contributed by atoms with E-state index in [4.69, 9.17) is 4.98 Å². The molecule has 3 aromatic rings. The third kappa shape index (κ3) is 4.38. The topological polar surface area (TPSA) is 83.9 Å². The molecule has 4 rings (SSSR count). The molecule has 2 aromatic heterocycles. The zero-order chi connectivity index (χ0) is 20.6. The van der Waals surface area contributed by atoms with Crippen molar-refractivity contribution >= 4 is 20.9 Å². The van der Waals surface area contributed by atoms with E-state index in [0.717, 1.165) is 48.5 Å². The highest BCUT2D eigenvalue weighted by Crippen LogP contribution is 2.28. The maximum atomic E-state index is 12.2. The van der Waals surface area contributed by atoms with Gasteiger partial charge in [0.05, 0.1) is 22.9 Å². The zero-order valence-corrected chi connectivity index (χ0v) is 18.1. The summed E-state index contributed by atoms with van der Waals surface area (Å²) >= 11 is 0. The van der Waals surface area contributed by atoms with Crippen LogP contribution in [0.5, 0.6) is 0 Å². The molecule has 1 fully saturated rings. The molecule has 29 heavy (non-hydrogen) atoms. The number of hydrogen-bond donors (Lipinski definition) is 1. The van der Waals surface area contributed by atoms with Gasteiger partial charge in [-0.3, -0.25) is 4.90 Å². The summed E-state index contributed by atoms with van der Waals surface area (Å²) in [6, 6.07) is 8.12. The second-order valence-corrected chi connectivity index (χ2v) is 10.4. The summed E-state index contributed by atoms with van der Waals surface area (Å²) in [5.74, 6) is 1.74. The predicted octanol–water partition coefficient (Wildman–Crippen LogP) is 3.20. The van der Waals surface area contributed by atoms with Gasteiger partial charge in [0.2, 0.25) is 15.0 Å². The highest BCUT2D eigenvalue weighted by molar-refractivity contribution is 7.90. The van der Waals surface area contributed by atoms with Crippen molar-refractivity contribution in [1.82, 2.24) is 24.4 Å². The van der Waals surface area contributed by atoms with E-state index in [1.54, 1.807) is 6.20 Å². The Labute approximate surface area is 172 Å². The number of hydrogen-bond acceptors (Lipinski definition) is 5. The second kappa shape index (κ2) is 7.91. The van der Waals surface area contributed by atoms with Gasteiger partial charge in [-0.2, -0.15) is 0 Å². The molecule has 156 valence electrons. The molecule has 1 aromatic carbocycles. The molecule has 0 saturated carbocycles. The van der Waals surface area contributed by atoms with E-state index in [-0.39, 0.29) is 5.16 Å². The fourth-order valence-corrected chi connectivity index (χ4v) is 5.03. The molecule has 1 N–H and O–H groups in total. The number of H-pyrrole nitrogens is 1. The van der Waals surface area contributed by atoms with Crippen molar-refractivity contribution in [2.24, 2.45) is 5.92 Å². The number of imidazole rings is 2. The SMILES string of the molecule is CC(C)Cn1c(CN2CCCC(c3nc4ccccc4[nH]3)C2)cnc1S(C)(=O)=O. The number of piperidine rings is 1. The number of sulfone groups is 1. The standard InChI is InChI=1S/C21H29N5O2S/c1-15(2)12-26-17(11-22-21(26)29(3,27)28)14-25-10-6-7-16(13-25)20-23-18-8-4-5-9-19(18)24-20/h4-5,8-9,11,15-16H,6-7,10,12-14H2,1-3H3,(H,23,24). The van der Waals surface area contributed by atoms with Gasteiger partial charge < -0.3 is 9.55 Å². The second-order valence-electron chi connectivity index (χ2n) is 8.52. The average Bonchev–Trinajstić information content (AvgIpc) is 3.26. The highest BCUT2D eigenvalue weighted by Gasteiger charge is 2.26. The lowest BCUT2D eigenvalue weighted by molar-refractivity contribution is 0.191. The lowest BCUT2D eigenvalue weighted by atomic mass is 9.97. The van der Waals surface area contributed by atoms with Crippen molar-refractivity contribution in [3.8, 4) is 0 Å². The van der Waals surface area contributed by atoms with Crippen LogP contribution >= 0.6 is 0 Å². The zero-order valence-electron chi connectivity index (χ0n) is 17.3. The maximum Gasteiger partial charge on any atom is 0.227 e. The summed E-state index contributed by atoms with van der Waals surface area (Å²) in [6.07, 6.45) is 5.16. The van der Waals surface area contributed by atoms with Crippen LogP contribution in [0.15, 0.2) is 35.6 Å². The molecular formula is C21H29N5O2S. The first-order chi connectivity index (χ1) is 13.8. The van der Waals surface area contributed by atoms with Crippen LogP contribution in [-0.4, -0.2) is 52.2 Å². The average molecular weight is 416 g/mol. The number of nitrogens with one attached hydrogen (secondary N) is 1. The molecule has 1 aliphatic rings. The van der Waals surface area contributed by atoms with E-state index in [9.17, 15) is 8.42 Å². The summed E-state index contributed by atoms with van der Waals surface area (Å²) in [7, 11) is -3.35. The van der Waals surface area contributed by atoms with Gasteiger partial charge in [0.1, 0.15) is 5.82 Å². The monoisotopic (exact) mass is 415 g/mol. The number of aromatic nitrogens is 4. The Hall–Kier alpha value is -2.19. The van der Waals surface area contributed by atoms with Crippen LogP contribution in [0.2, 0.25) is 0 Å². The number of aromatic amines is 1. The molecule has 0 radical (unpaired) electrons. The van der Waals surface area contributed by atoms with Crippen LogP contribution in [0.3, 0.4) is 0 Å². The smallest absolute Gasteiger partial charge is 0.227 e. The summed E-state index contributed by atoms with van der Waals surface area (Å²) in [4.78, 5) is 14.9. The lowest BCUT2D eigenvalue weighted by Crippen LogP contribution is -2.35. The van der Waals surface area contributed by atoms with Gasteiger partial charge >= 0.3 is 0 Å². The van der Waals surface area contributed by atoms with Crippen LogP contribution in [0, 0.1) is 5.92 Å². The molecule has 3 heterocycles. The molecule has 1 atom stereocenters. The van der Waals surface area contributed by atoms with Crippen molar-refractivity contribution in [3.05, 3.63) is 42.0 Å². The first-order valence-corrected chi connectivity index (χ1v) is 12.1. The first kappa shape index (κ1) is 20.1. The largest absolute Gasteiger partial charge is 0.342 e. The molecule has 1 unspecified atom stereocenters. The minimum absolute atomic E-state index is 0.173. The summed E-state index contributed by atoms with van der Waals surface area (Å²) in [5, 5.41) is 0.173. The number of rotatable bonds is 6. The quantitative estimate of drug-likeness (QED) is 0.668. The molecule has 0 aliphatic carbocycles. The van der Waals surface area contributed by atoms with Crippen LogP contribution in [0.4, 0.5) is 0 Å². The van der Waals surface area contributed by atoms with Crippen LogP contribution in [-0.2, 0) is 22.9 Å². The van der Waals surface area contributed by atoms with Gasteiger partial charge in [0, 0.05) is 31.8 Å². The van der Waals surface area contributed by atoms with Crippen LogP contribution in [0.1, 0.15) is 44.1 Å². The Kier molecular flexibility index (Phi) is 5.48. The summed E-state index contributed by atoms with van der Waals surface area (Å²) < 4.78 is 26.2. The number of likely N-dealkylation sites (tertiary alicyclic amines) is 1. The van der Waals surface area contributed by atoms with Crippen LogP contribution < -0.4 is 0 Å². The maximum absolute atomic E-state index is 12.2. The van der Waals surface area contributed by atoms with E-state index in [1.807, 2.05) is 22.8 Å². The number of fused-ring (bicyclic) bond motifs is 1. The van der Waals surface area contributed by atoms with Crippen molar-refractivity contribution in [1.29, 1.82) is 0 Å². The molecule has 0 amide bonds. The molecular weight excluding hydrogens is 386 g/mol. The van der Waals surface area contributed by atoms with E-state index in [1.165, 1.54) is 6.26 Å². The van der Waals surface area contributed by atoms with Crippen LogP contribution in [0.25, 0.3) is 11.0 Å². The fraction of sp³-hybridized carbons (Fsp3) is 0.524. The Bertz CT molecular complexity index is 1070. The molecule has 1 saturated heterocycles. The third-order valence-electron chi connectivity index (χ3n) is 5.47. The van der Waals surface area contributed by atoms with Gasteiger partial charge in [-0.25, -0.2) is 18.4 Å². The minimum atomic E-state index is -3.35. The van der Waals surface area contributed by atoms with Gasteiger partial charge in [-0.15, -0.1) is 0 Å². The fourth-order valence-electron chi connectivity index (χ4n) is 4.19. The predicted molar refractivity (Wildman–Crippen MR) is 114 cm³/mol. The Morgan fingerprint density at radius 3 is 2.79 bits per heavy atom. The van der Waals surface area contributed by atoms with Crippen molar-refractivity contribution < 1.29 is 8.42 Å².